The number of pyridine rings is 1. The molecule has 0 fully saturated rings. The largest absolute Gasteiger partial charge is 0.370 e. The lowest BCUT2D eigenvalue weighted by Crippen LogP contribution is -2.16. The molecule has 7 nitrogen and oxygen atoms in total. The first-order valence-electron chi connectivity index (χ1n) is 6.18. The maximum Gasteiger partial charge on any atom is 0.264 e. The van der Waals surface area contributed by atoms with Crippen LogP contribution in [0.2, 0.25) is 0 Å². The minimum absolute atomic E-state index is 0.286. The van der Waals surface area contributed by atoms with Crippen molar-refractivity contribution in [2.24, 2.45) is 0 Å². The van der Waals surface area contributed by atoms with Crippen LogP contribution < -0.4 is 16.2 Å². The molecule has 104 valence electrons. The number of aromatic amines is 1. The Hall–Kier alpha value is -2.70. The highest BCUT2D eigenvalue weighted by molar-refractivity contribution is 6.04. The summed E-state index contributed by atoms with van der Waals surface area (Å²) in [6.45, 7) is 4.49. The van der Waals surface area contributed by atoms with Gasteiger partial charge in [0.25, 0.3) is 11.5 Å². The molecule has 0 aromatic carbocycles. The van der Waals surface area contributed by atoms with Crippen LogP contribution in [0.25, 0.3) is 0 Å². The average molecular weight is 273 g/mol. The van der Waals surface area contributed by atoms with Crippen molar-refractivity contribution in [3.8, 4) is 0 Å². The summed E-state index contributed by atoms with van der Waals surface area (Å²) in [5.41, 5.74) is 0.890. The molecule has 0 unspecified atom stereocenters. The zero-order valence-electron chi connectivity index (χ0n) is 11.2. The first-order valence-corrected chi connectivity index (χ1v) is 6.18. The molecule has 0 radical (unpaired) electrons. The number of carbonyl (C=O) groups is 1. The molecular formula is C13H15N5O2. The Morgan fingerprint density at radius 1 is 1.30 bits per heavy atom. The molecule has 0 bridgehead atoms. The second-order valence-corrected chi connectivity index (χ2v) is 4.17. The van der Waals surface area contributed by atoms with Crippen LogP contribution in [-0.2, 0) is 0 Å². The number of nitrogens with one attached hydrogen (secondary N) is 3. The van der Waals surface area contributed by atoms with Crippen LogP contribution in [0.3, 0.4) is 0 Å². The Bertz CT molecular complexity index is 660. The predicted molar refractivity (Wildman–Crippen MR) is 75.9 cm³/mol. The number of nitrogens with zero attached hydrogens (tertiary/aromatic N) is 2. The zero-order valence-corrected chi connectivity index (χ0v) is 11.2. The average Bonchev–Trinajstić information content (AvgIpc) is 2.41. The molecule has 2 aromatic rings. The van der Waals surface area contributed by atoms with E-state index in [0.717, 1.165) is 12.2 Å². The van der Waals surface area contributed by atoms with Crippen LogP contribution in [0, 0.1) is 6.92 Å². The molecule has 2 heterocycles. The Balaban J connectivity index is 2.20. The van der Waals surface area contributed by atoms with Gasteiger partial charge >= 0.3 is 0 Å². The molecule has 0 aliphatic rings. The van der Waals surface area contributed by atoms with Crippen molar-refractivity contribution in [2.75, 3.05) is 17.2 Å². The summed E-state index contributed by atoms with van der Waals surface area (Å²) in [6, 6.07) is 6.08. The third kappa shape index (κ3) is 3.41. The van der Waals surface area contributed by atoms with Gasteiger partial charge in [0.05, 0.1) is 0 Å². The van der Waals surface area contributed by atoms with E-state index in [4.69, 9.17) is 0 Å². The van der Waals surface area contributed by atoms with E-state index >= 15 is 0 Å². The van der Waals surface area contributed by atoms with E-state index in [-0.39, 0.29) is 17.3 Å². The fourth-order valence-corrected chi connectivity index (χ4v) is 1.67. The van der Waals surface area contributed by atoms with E-state index in [1.54, 1.807) is 12.1 Å². The van der Waals surface area contributed by atoms with Gasteiger partial charge in [-0.25, -0.2) is 10.1 Å². The van der Waals surface area contributed by atoms with Gasteiger partial charge in [-0.05, 0) is 32.0 Å². The Kier molecular flexibility index (Phi) is 4.09. The fourth-order valence-electron chi connectivity index (χ4n) is 1.67. The molecule has 20 heavy (non-hydrogen) atoms. The van der Waals surface area contributed by atoms with Gasteiger partial charge in [-0.2, -0.15) is 5.10 Å². The number of rotatable bonds is 4. The minimum Gasteiger partial charge on any atom is -0.370 e. The number of anilines is 2. The Labute approximate surface area is 115 Å². The van der Waals surface area contributed by atoms with E-state index in [2.05, 4.69) is 25.8 Å². The maximum atomic E-state index is 12.1. The van der Waals surface area contributed by atoms with Gasteiger partial charge in [-0.1, -0.05) is 0 Å². The van der Waals surface area contributed by atoms with Gasteiger partial charge in [0.15, 0.2) is 5.82 Å². The summed E-state index contributed by atoms with van der Waals surface area (Å²) in [7, 11) is 0. The number of hydrogen-bond donors (Lipinski definition) is 3. The van der Waals surface area contributed by atoms with Crippen LogP contribution in [-0.4, -0.2) is 27.6 Å². The first kappa shape index (κ1) is 13.7. The summed E-state index contributed by atoms with van der Waals surface area (Å²) in [4.78, 5) is 27.3. The molecule has 1 amide bonds. The van der Waals surface area contributed by atoms with E-state index in [0.29, 0.717) is 11.4 Å². The zero-order chi connectivity index (χ0) is 14.5. The number of aromatic nitrogens is 3. The van der Waals surface area contributed by atoms with Gasteiger partial charge in [-0.3, -0.25) is 9.59 Å². The fraction of sp³-hybridized carbons (Fsp3) is 0.231. The number of carbonyl (C=O) groups excluding carboxylic acids is 1. The van der Waals surface area contributed by atoms with Crippen molar-refractivity contribution in [3.63, 3.8) is 0 Å². The Morgan fingerprint density at radius 3 is 2.75 bits per heavy atom. The lowest BCUT2D eigenvalue weighted by Gasteiger charge is -2.08. The van der Waals surface area contributed by atoms with Gasteiger partial charge in [0.2, 0.25) is 0 Å². The first-order chi connectivity index (χ1) is 9.58. The molecule has 0 atom stereocenters. The minimum atomic E-state index is -0.322. The normalized spacial score (nSPS) is 10.1. The molecule has 0 spiro atoms. The number of aryl methyl sites for hydroxylation is 1. The molecule has 2 rings (SSSR count). The van der Waals surface area contributed by atoms with Crippen molar-refractivity contribution >= 4 is 17.5 Å². The summed E-state index contributed by atoms with van der Waals surface area (Å²) in [6.07, 6.45) is 0. The van der Waals surface area contributed by atoms with Crippen LogP contribution >= 0.6 is 0 Å². The lowest BCUT2D eigenvalue weighted by atomic mass is 10.2. The highest BCUT2D eigenvalue weighted by atomic mass is 16.2. The van der Waals surface area contributed by atoms with Crippen molar-refractivity contribution in [3.05, 3.63) is 45.9 Å². The maximum absolute atomic E-state index is 12.1. The van der Waals surface area contributed by atoms with Gasteiger partial charge in [-0.15, -0.1) is 0 Å². The van der Waals surface area contributed by atoms with Crippen molar-refractivity contribution in [1.82, 2.24) is 15.2 Å². The third-order valence-corrected chi connectivity index (χ3v) is 2.49. The van der Waals surface area contributed by atoms with Gasteiger partial charge in [0, 0.05) is 23.9 Å². The molecule has 0 saturated carbocycles. The SMILES string of the molecule is CCNc1cc(C(=O)Nc2ccc(=O)[nH]n2)cc(C)n1. The van der Waals surface area contributed by atoms with Crippen molar-refractivity contribution in [1.29, 1.82) is 0 Å². The number of amides is 1. The highest BCUT2D eigenvalue weighted by Gasteiger charge is 2.09. The van der Waals surface area contributed by atoms with Crippen LogP contribution in [0.15, 0.2) is 29.1 Å². The monoisotopic (exact) mass is 273 g/mol. The Morgan fingerprint density at radius 2 is 2.10 bits per heavy atom. The second-order valence-electron chi connectivity index (χ2n) is 4.17. The van der Waals surface area contributed by atoms with Crippen molar-refractivity contribution < 1.29 is 4.79 Å². The molecule has 0 saturated heterocycles. The molecule has 0 aliphatic carbocycles. The quantitative estimate of drug-likeness (QED) is 0.776. The summed E-state index contributed by atoms with van der Waals surface area (Å²) < 4.78 is 0. The van der Waals surface area contributed by atoms with E-state index in [1.165, 1.54) is 12.1 Å². The number of hydrogen-bond acceptors (Lipinski definition) is 5. The summed E-state index contributed by atoms with van der Waals surface area (Å²) in [5.74, 6) is 0.621. The molecular weight excluding hydrogens is 258 g/mol. The third-order valence-electron chi connectivity index (χ3n) is 2.49. The standard InChI is InChI=1S/C13H15N5O2/c1-3-14-11-7-9(6-8(2)15-11)13(20)16-10-4-5-12(19)18-17-10/h4-7H,3H2,1-2H3,(H,14,15)(H,18,19)(H,16,17,20). The van der Waals surface area contributed by atoms with Crippen molar-refractivity contribution in [2.45, 2.75) is 13.8 Å². The molecule has 0 aliphatic heterocycles. The molecule has 2 aromatic heterocycles. The van der Waals surface area contributed by atoms with E-state index in [9.17, 15) is 9.59 Å². The predicted octanol–water partition coefficient (Wildman–Crippen LogP) is 1.16. The van der Waals surface area contributed by atoms with Gasteiger partial charge in [0.1, 0.15) is 5.82 Å². The smallest absolute Gasteiger partial charge is 0.264 e. The molecule has 7 heteroatoms. The topological polar surface area (TPSA) is 99.8 Å². The molecule has 3 N–H and O–H groups in total. The second kappa shape index (κ2) is 5.96. The lowest BCUT2D eigenvalue weighted by molar-refractivity contribution is 0.102. The summed E-state index contributed by atoms with van der Waals surface area (Å²) >= 11 is 0. The van der Waals surface area contributed by atoms with Crippen LogP contribution in [0.1, 0.15) is 23.0 Å². The van der Waals surface area contributed by atoms with Gasteiger partial charge < -0.3 is 10.6 Å². The van der Waals surface area contributed by atoms with Crippen LogP contribution in [0.5, 0.6) is 0 Å². The van der Waals surface area contributed by atoms with E-state index < -0.39 is 0 Å². The number of H-pyrrole nitrogens is 1. The summed E-state index contributed by atoms with van der Waals surface area (Å²) in [5, 5.41) is 11.6. The van der Waals surface area contributed by atoms with Crippen LogP contribution in [0.4, 0.5) is 11.6 Å². The van der Waals surface area contributed by atoms with E-state index in [1.807, 2.05) is 13.8 Å². The highest BCUT2D eigenvalue weighted by Crippen LogP contribution is 2.11.